The summed E-state index contributed by atoms with van der Waals surface area (Å²) >= 11 is 8.09. The number of thiol groups is 2. The molecule has 0 unspecified atom stereocenters. The Bertz CT molecular complexity index is 506. The van der Waals surface area contributed by atoms with Crippen molar-refractivity contribution in [2.75, 3.05) is 0 Å². The van der Waals surface area contributed by atoms with Gasteiger partial charge in [-0.1, -0.05) is 30.3 Å². The molecule has 0 saturated carbocycles. The maximum absolute atomic E-state index is 11.3. The molecule has 2 rings (SSSR count). The molecule has 0 bridgehead atoms. The normalized spacial score (nSPS) is 10.4. The number of rotatable bonds is 1. The van der Waals surface area contributed by atoms with Gasteiger partial charge in [-0.15, -0.1) is 25.3 Å². The molecule has 14 heavy (non-hydrogen) atoms. The molecule has 0 aromatic heterocycles. The van der Waals surface area contributed by atoms with Crippen LogP contribution in [0.4, 0.5) is 0 Å². The van der Waals surface area contributed by atoms with Gasteiger partial charge in [-0.05, 0) is 16.8 Å². The van der Waals surface area contributed by atoms with E-state index in [0.29, 0.717) is 10.5 Å². The van der Waals surface area contributed by atoms with Gasteiger partial charge in [-0.25, -0.2) is 0 Å². The van der Waals surface area contributed by atoms with Crippen LogP contribution in [-0.4, -0.2) is 5.12 Å². The molecule has 0 spiro atoms. The third-order valence-electron chi connectivity index (χ3n) is 2.12. The molecular weight excluding hydrogens is 212 g/mol. The molecule has 0 fully saturated rings. The zero-order valence-corrected chi connectivity index (χ0v) is 9.06. The van der Waals surface area contributed by atoms with Crippen molar-refractivity contribution in [2.45, 2.75) is 4.90 Å². The summed E-state index contributed by atoms with van der Waals surface area (Å²) in [5, 5.41) is 1.69. The van der Waals surface area contributed by atoms with Gasteiger partial charge < -0.3 is 0 Å². The van der Waals surface area contributed by atoms with Crippen LogP contribution in [0.5, 0.6) is 0 Å². The van der Waals surface area contributed by atoms with Crippen molar-refractivity contribution >= 4 is 41.1 Å². The molecule has 3 heteroatoms. The fourth-order valence-corrected chi connectivity index (χ4v) is 2.11. The lowest BCUT2D eigenvalue weighted by molar-refractivity contribution is 0.109. The summed E-state index contributed by atoms with van der Waals surface area (Å²) in [6.07, 6.45) is 0. The van der Waals surface area contributed by atoms with Gasteiger partial charge >= 0.3 is 0 Å². The van der Waals surface area contributed by atoms with Gasteiger partial charge in [0, 0.05) is 10.5 Å². The summed E-state index contributed by atoms with van der Waals surface area (Å²) in [7, 11) is 0. The van der Waals surface area contributed by atoms with Crippen molar-refractivity contribution in [3.05, 3.63) is 42.0 Å². The highest BCUT2D eigenvalue weighted by molar-refractivity contribution is 7.97. The van der Waals surface area contributed by atoms with Crippen LogP contribution in [0.2, 0.25) is 0 Å². The van der Waals surface area contributed by atoms with Crippen LogP contribution >= 0.6 is 25.3 Å². The summed E-state index contributed by atoms with van der Waals surface area (Å²) in [5.74, 6) is 0. The highest BCUT2D eigenvalue weighted by Crippen LogP contribution is 2.25. The topological polar surface area (TPSA) is 17.1 Å². The fraction of sp³-hybridized carbons (Fsp3) is 0. The smallest absolute Gasteiger partial charge is 0.218 e. The molecule has 0 saturated heterocycles. The van der Waals surface area contributed by atoms with E-state index in [2.05, 4.69) is 25.3 Å². The minimum atomic E-state index is -0.244. The third-order valence-corrected chi connectivity index (χ3v) is 2.72. The van der Waals surface area contributed by atoms with Crippen LogP contribution in [0.3, 0.4) is 0 Å². The average Bonchev–Trinajstić information content (AvgIpc) is 2.17. The first kappa shape index (κ1) is 9.62. The van der Waals surface area contributed by atoms with Crippen LogP contribution in [0.25, 0.3) is 10.8 Å². The SMILES string of the molecule is O=C(S)c1c(S)ccc2ccccc12. The van der Waals surface area contributed by atoms with E-state index in [-0.39, 0.29) is 5.12 Å². The van der Waals surface area contributed by atoms with Crippen molar-refractivity contribution in [1.29, 1.82) is 0 Å². The predicted molar refractivity (Wildman–Crippen MR) is 64.5 cm³/mol. The van der Waals surface area contributed by atoms with Crippen LogP contribution in [-0.2, 0) is 0 Å². The first-order chi connectivity index (χ1) is 6.70. The van der Waals surface area contributed by atoms with E-state index in [0.717, 1.165) is 10.8 Å². The number of carbonyl (C=O) groups is 1. The second-order valence-corrected chi connectivity index (χ2v) is 3.87. The van der Waals surface area contributed by atoms with E-state index >= 15 is 0 Å². The van der Waals surface area contributed by atoms with Gasteiger partial charge in [-0.2, -0.15) is 0 Å². The molecule has 0 radical (unpaired) electrons. The summed E-state index contributed by atoms with van der Waals surface area (Å²) < 4.78 is 0. The van der Waals surface area contributed by atoms with Crippen LogP contribution in [0, 0.1) is 0 Å². The summed E-state index contributed by atoms with van der Waals surface area (Å²) in [6, 6.07) is 11.5. The van der Waals surface area contributed by atoms with Crippen LogP contribution in [0.15, 0.2) is 41.3 Å². The van der Waals surface area contributed by atoms with E-state index < -0.39 is 0 Å². The van der Waals surface area contributed by atoms with Crippen molar-refractivity contribution in [3.8, 4) is 0 Å². The summed E-state index contributed by atoms with van der Waals surface area (Å²) in [4.78, 5) is 12.0. The standard InChI is InChI=1S/C11H8OS2/c12-11(14)10-8-4-2-1-3-7(8)5-6-9(10)13/h1-6,13H,(H,12,14). The number of carbonyl (C=O) groups excluding carboxylic acids is 1. The maximum Gasteiger partial charge on any atom is 0.218 e. The Morgan fingerprint density at radius 3 is 2.50 bits per heavy atom. The lowest BCUT2D eigenvalue weighted by Gasteiger charge is -2.05. The van der Waals surface area contributed by atoms with Crippen molar-refractivity contribution < 1.29 is 4.79 Å². The van der Waals surface area contributed by atoms with Gasteiger partial charge in [0.25, 0.3) is 0 Å². The number of hydrogen-bond donors (Lipinski definition) is 2. The molecular formula is C11H8OS2. The summed E-state index contributed by atoms with van der Waals surface area (Å²) in [5.41, 5.74) is 0.578. The highest BCUT2D eigenvalue weighted by atomic mass is 32.1. The number of benzene rings is 2. The Kier molecular flexibility index (Phi) is 2.52. The molecule has 2 aromatic carbocycles. The second kappa shape index (κ2) is 3.67. The quantitative estimate of drug-likeness (QED) is 0.706. The number of hydrogen-bond acceptors (Lipinski definition) is 2. The van der Waals surface area contributed by atoms with E-state index in [1.807, 2.05) is 36.4 Å². The second-order valence-electron chi connectivity index (χ2n) is 2.99. The Balaban J connectivity index is 2.90. The van der Waals surface area contributed by atoms with Crippen LogP contribution < -0.4 is 0 Å². The highest BCUT2D eigenvalue weighted by Gasteiger charge is 2.09. The van der Waals surface area contributed by atoms with Gasteiger partial charge in [0.1, 0.15) is 0 Å². The first-order valence-corrected chi connectivity index (χ1v) is 5.03. The molecule has 70 valence electrons. The molecule has 0 aliphatic rings. The molecule has 0 aliphatic heterocycles. The van der Waals surface area contributed by atoms with Gasteiger partial charge in [0.15, 0.2) is 0 Å². The Labute approximate surface area is 92.9 Å². The monoisotopic (exact) mass is 220 g/mol. The molecule has 1 nitrogen and oxygen atoms in total. The van der Waals surface area contributed by atoms with Gasteiger partial charge in [-0.3, -0.25) is 4.79 Å². The minimum absolute atomic E-state index is 0.244. The van der Waals surface area contributed by atoms with Gasteiger partial charge in [0.2, 0.25) is 5.12 Å². The zero-order valence-electron chi connectivity index (χ0n) is 7.27. The molecule has 0 atom stereocenters. The van der Waals surface area contributed by atoms with E-state index in [4.69, 9.17) is 0 Å². The third kappa shape index (κ3) is 1.53. The predicted octanol–water partition coefficient (Wildman–Crippen LogP) is 3.20. The number of fused-ring (bicyclic) bond motifs is 1. The summed E-state index contributed by atoms with van der Waals surface area (Å²) in [6.45, 7) is 0. The lowest BCUT2D eigenvalue weighted by atomic mass is 10.1. The van der Waals surface area contributed by atoms with Gasteiger partial charge in [0.05, 0.1) is 0 Å². The first-order valence-electron chi connectivity index (χ1n) is 4.14. The molecule has 0 aliphatic carbocycles. The zero-order chi connectivity index (χ0) is 10.1. The van der Waals surface area contributed by atoms with Crippen molar-refractivity contribution in [1.82, 2.24) is 0 Å². The Morgan fingerprint density at radius 2 is 1.79 bits per heavy atom. The molecule has 0 N–H and O–H groups in total. The maximum atomic E-state index is 11.3. The molecule has 2 aromatic rings. The minimum Gasteiger partial charge on any atom is -0.282 e. The lowest BCUT2D eigenvalue weighted by Crippen LogP contribution is -1.92. The van der Waals surface area contributed by atoms with E-state index in [1.165, 1.54) is 0 Å². The largest absolute Gasteiger partial charge is 0.282 e. The fourth-order valence-electron chi connectivity index (χ4n) is 1.48. The van der Waals surface area contributed by atoms with E-state index in [1.54, 1.807) is 0 Å². The molecule has 0 heterocycles. The van der Waals surface area contributed by atoms with E-state index in [9.17, 15) is 4.79 Å². The van der Waals surface area contributed by atoms with Crippen molar-refractivity contribution in [2.24, 2.45) is 0 Å². The van der Waals surface area contributed by atoms with Crippen molar-refractivity contribution in [3.63, 3.8) is 0 Å². The average molecular weight is 220 g/mol. The Hall–Kier alpha value is -0.930. The Morgan fingerprint density at radius 1 is 1.07 bits per heavy atom. The molecule has 0 amide bonds. The van der Waals surface area contributed by atoms with Crippen LogP contribution in [0.1, 0.15) is 10.4 Å².